The van der Waals surface area contributed by atoms with Gasteiger partial charge in [0.1, 0.15) is 0 Å². The fourth-order valence-corrected chi connectivity index (χ4v) is 1.62. The van der Waals surface area contributed by atoms with Crippen LogP contribution in [0.4, 0.5) is 4.39 Å². The van der Waals surface area contributed by atoms with Gasteiger partial charge in [0.05, 0.1) is 0 Å². The second kappa shape index (κ2) is 8.32. The van der Waals surface area contributed by atoms with Crippen LogP contribution in [0.1, 0.15) is 18.9 Å². The lowest BCUT2D eigenvalue weighted by molar-refractivity contribution is -0.122. The number of benzene rings is 1. The Morgan fingerprint density at radius 3 is 2.95 bits per heavy atom. The second-order valence-corrected chi connectivity index (χ2v) is 4.52. The largest absolute Gasteiger partial charge is 0.481 e. The number of hydrogen-bond donors (Lipinski definition) is 2. The number of nitrogens with two attached hydrogens (primary N) is 1. The summed E-state index contributed by atoms with van der Waals surface area (Å²) in [6, 6.07) is 4.70. The molecule has 0 aliphatic heterocycles. The molecule has 5 heteroatoms. The highest BCUT2D eigenvalue weighted by atomic mass is 19.1. The maximum Gasteiger partial charge on any atom is 0.258 e. The van der Waals surface area contributed by atoms with E-state index in [-0.39, 0.29) is 24.3 Å². The van der Waals surface area contributed by atoms with E-state index in [1.165, 1.54) is 12.1 Å². The van der Waals surface area contributed by atoms with Crippen molar-refractivity contribution in [3.8, 4) is 5.75 Å². The predicted octanol–water partition coefficient (Wildman–Crippen LogP) is 1.79. The van der Waals surface area contributed by atoms with Crippen molar-refractivity contribution in [3.63, 3.8) is 0 Å². The molecule has 0 saturated carbocycles. The highest BCUT2D eigenvalue weighted by Crippen LogP contribution is 2.19. The average molecular weight is 280 g/mol. The normalized spacial score (nSPS) is 11.8. The summed E-state index contributed by atoms with van der Waals surface area (Å²) >= 11 is 0. The topological polar surface area (TPSA) is 64.3 Å². The number of amides is 1. The first kappa shape index (κ1) is 16.2. The molecule has 0 spiro atoms. The lowest BCUT2D eigenvalue weighted by Gasteiger charge is -2.11. The molecule has 110 valence electrons. The van der Waals surface area contributed by atoms with Crippen LogP contribution in [-0.4, -0.2) is 25.1 Å². The molecule has 1 atom stereocenters. The fourth-order valence-electron chi connectivity index (χ4n) is 1.62. The molecular formula is C15H21FN2O2. The van der Waals surface area contributed by atoms with Crippen molar-refractivity contribution < 1.29 is 13.9 Å². The molecule has 1 rings (SSSR count). The Morgan fingerprint density at radius 2 is 2.35 bits per heavy atom. The van der Waals surface area contributed by atoms with Crippen LogP contribution in [0.15, 0.2) is 30.9 Å². The summed E-state index contributed by atoms with van der Waals surface area (Å²) in [5.74, 6) is -0.740. The minimum Gasteiger partial charge on any atom is -0.481 e. The maximum absolute atomic E-state index is 13.8. The van der Waals surface area contributed by atoms with Crippen LogP contribution in [0.5, 0.6) is 5.75 Å². The Labute approximate surface area is 118 Å². The zero-order chi connectivity index (χ0) is 15.0. The Morgan fingerprint density at radius 1 is 1.60 bits per heavy atom. The lowest BCUT2D eigenvalue weighted by atomic mass is 10.0. The molecule has 1 aromatic carbocycles. The van der Waals surface area contributed by atoms with E-state index in [2.05, 4.69) is 11.9 Å². The van der Waals surface area contributed by atoms with Crippen LogP contribution in [-0.2, 0) is 11.2 Å². The molecule has 1 unspecified atom stereocenters. The molecule has 20 heavy (non-hydrogen) atoms. The standard InChI is InChI=1S/C15H21FN2O2/c1-3-7-18-15(19)10-20-14-6-5-11(9-13(14)16)8-12(17)4-2/h3,5-6,9,12H,1,4,7-8,10,17H2,2H3,(H,18,19). The van der Waals surface area contributed by atoms with E-state index in [9.17, 15) is 9.18 Å². The quantitative estimate of drug-likeness (QED) is 0.714. The first-order valence-electron chi connectivity index (χ1n) is 6.61. The average Bonchev–Trinajstić information content (AvgIpc) is 2.44. The van der Waals surface area contributed by atoms with Gasteiger partial charge in [0, 0.05) is 12.6 Å². The van der Waals surface area contributed by atoms with Crippen LogP contribution < -0.4 is 15.8 Å². The molecule has 4 nitrogen and oxygen atoms in total. The van der Waals surface area contributed by atoms with E-state index in [0.717, 1.165) is 12.0 Å². The molecule has 1 amide bonds. The van der Waals surface area contributed by atoms with Crippen molar-refractivity contribution in [2.45, 2.75) is 25.8 Å². The van der Waals surface area contributed by atoms with Gasteiger partial charge in [-0.25, -0.2) is 4.39 Å². The van der Waals surface area contributed by atoms with E-state index in [1.807, 2.05) is 6.92 Å². The van der Waals surface area contributed by atoms with Gasteiger partial charge in [0.25, 0.3) is 5.91 Å². The van der Waals surface area contributed by atoms with Gasteiger partial charge < -0.3 is 15.8 Å². The van der Waals surface area contributed by atoms with Crippen molar-refractivity contribution >= 4 is 5.91 Å². The fraction of sp³-hybridized carbons (Fsp3) is 0.400. The zero-order valence-electron chi connectivity index (χ0n) is 11.7. The summed E-state index contributed by atoms with van der Waals surface area (Å²) < 4.78 is 18.9. The monoisotopic (exact) mass is 280 g/mol. The third kappa shape index (κ3) is 5.40. The Bertz CT molecular complexity index is 463. The molecule has 1 aromatic rings. The van der Waals surface area contributed by atoms with Gasteiger partial charge in [0.15, 0.2) is 18.2 Å². The van der Waals surface area contributed by atoms with E-state index >= 15 is 0 Å². The zero-order valence-corrected chi connectivity index (χ0v) is 11.7. The van der Waals surface area contributed by atoms with Gasteiger partial charge in [-0.05, 0) is 30.5 Å². The van der Waals surface area contributed by atoms with Gasteiger partial charge in [-0.1, -0.05) is 19.1 Å². The minimum absolute atomic E-state index is 0.0193. The van der Waals surface area contributed by atoms with Crippen LogP contribution in [0.2, 0.25) is 0 Å². The molecule has 0 aromatic heterocycles. The molecule has 0 bridgehead atoms. The van der Waals surface area contributed by atoms with Gasteiger partial charge in [-0.15, -0.1) is 6.58 Å². The highest BCUT2D eigenvalue weighted by molar-refractivity contribution is 5.77. The summed E-state index contributed by atoms with van der Waals surface area (Å²) in [4.78, 5) is 11.3. The molecule has 3 N–H and O–H groups in total. The van der Waals surface area contributed by atoms with Crippen LogP contribution in [0.25, 0.3) is 0 Å². The lowest BCUT2D eigenvalue weighted by Crippen LogP contribution is -2.29. The second-order valence-electron chi connectivity index (χ2n) is 4.52. The number of halogens is 1. The van der Waals surface area contributed by atoms with Gasteiger partial charge in [0.2, 0.25) is 0 Å². The predicted molar refractivity (Wildman–Crippen MR) is 77.1 cm³/mol. The van der Waals surface area contributed by atoms with Crippen LogP contribution in [0, 0.1) is 5.82 Å². The van der Waals surface area contributed by atoms with Crippen molar-refractivity contribution in [2.24, 2.45) is 5.73 Å². The van der Waals surface area contributed by atoms with Crippen LogP contribution >= 0.6 is 0 Å². The third-order valence-corrected chi connectivity index (χ3v) is 2.82. The summed E-state index contributed by atoms with van der Waals surface area (Å²) in [6.45, 7) is 5.60. The van der Waals surface area contributed by atoms with Crippen molar-refractivity contribution in [1.29, 1.82) is 0 Å². The van der Waals surface area contributed by atoms with Gasteiger partial charge in [-0.2, -0.15) is 0 Å². The Kier molecular flexibility index (Phi) is 6.73. The Hall–Kier alpha value is -1.88. The molecule has 0 fully saturated rings. The summed E-state index contributed by atoms with van der Waals surface area (Å²) in [7, 11) is 0. The summed E-state index contributed by atoms with van der Waals surface area (Å²) in [5, 5.41) is 2.55. The van der Waals surface area contributed by atoms with Crippen molar-refractivity contribution in [2.75, 3.05) is 13.2 Å². The smallest absolute Gasteiger partial charge is 0.258 e. The number of hydrogen-bond acceptors (Lipinski definition) is 3. The SMILES string of the molecule is C=CCNC(=O)COc1ccc(CC(N)CC)cc1F. The van der Waals surface area contributed by atoms with Crippen molar-refractivity contribution in [1.82, 2.24) is 5.32 Å². The summed E-state index contributed by atoms with van der Waals surface area (Å²) in [6.07, 6.45) is 3.01. The maximum atomic E-state index is 13.8. The number of nitrogens with one attached hydrogen (secondary N) is 1. The van der Waals surface area contributed by atoms with E-state index < -0.39 is 5.82 Å². The molecule has 0 heterocycles. The van der Waals surface area contributed by atoms with E-state index in [0.29, 0.717) is 13.0 Å². The van der Waals surface area contributed by atoms with Gasteiger partial charge >= 0.3 is 0 Å². The highest BCUT2D eigenvalue weighted by Gasteiger charge is 2.09. The van der Waals surface area contributed by atoms with Crippen LogP contribution in [0.3, 0.4) is 0 Å². The van der Waals surface area contributed by atoms with E-state index in [1.54, 1.807) is 12.1 Å². The molecule has 0 radical (unpaired) electrons. The van der Waals surface area contributed by atoms with E-state index in [4.69, 9.17) is 10.5 Å². The molecular weight excluding hydrogens is 259 g/mol. The molecule has 0 aliphatic carbocycles. The Balaban J connectivity index is 2.55. The molecule has 0 aliphatic rings. The first-order chi connectivity index (χ1) is 9.56. The number of carbonyl (C=O) groups is 1. The van der Waals surface area contributed by atoms with Gasteiger partial charge in [-0.3, -0.25) is 4.79 Å². The summed E-state index contributed by atoms with van der Waals surface area (Å²) in [5.41, 5.74) is 6.64. The number of rotatable bonds is 8. The van der Waals surface area contributed by atoms with Crippen molar-refractivity contribution in [3.05, 3.63) is 42.2 Å². The third-order valence-electron chi connectivity index (χ3n) is 2.82. The molecule has 0 saturated heterocycles. The first-order valence-corrected chi connectivity index (χ1v) is 6.61. The minimum atomic E-state index is -0.484. The number of ether oxygens (including phenoxy) is 1. The number of carbonyl (C=O) groups excluding carboxylic acids is 1.